The fraction of sp³-hybridized carbons (Fsp3) is 0.0833. The molecule has 0 saturated carbocycles. The second-order valence-corrected chi connectivity index (χ2v) is 5.02. The van der Waals surface area contributed by atoms with Gasteiger partial charge < -0.3 is 5.32 Å². The number of anilines is 1. The van der Waals surface area contributed by atoms with Gasteiger partial charge in [0.15, 0.2) is 0 Å². The zero-order chi connectivity index (χ0) is 13.8. The van der Waals surface area contributed by atoms with Crippen LogP contribution < -0.4 is 10.9 Å². The Morgan fingerprint density at radius 3 is 3.00 bits per heavy atom. The molecule has 2 aromatic rings. The van der Waals surface area contributed by atoms with Crippen molar-refractivity contribution in [3.8, 4) is 0 Å². The summed E-state index contributed by atoms with van der Waals surface area (Å²) in [5, 5.41) is 3.18. The average Bonchev–Trinajstić information content (AvgIpc) is 2.35. The number of carbonyl (C=O) groups excluding carboxylic acids is 1. The molecule has 0 bridgehead atoms. The summed E-state index contributed by atoms with van der Waals surface area (Å²) in [7, 11) is 0. The summed E-state index contributed by atoms with van der Waals surface area (Å²) in [6.45, 7) is -0.113. The Kier molecular flexibility index (Phi) is 4.34. The minimum atomic E-state index is -0.329. The van der Waals surface area contributed by atoms with Gasteiger partial charge in [0.2, 0.25) is 5.91 Å². The smallest absolute Gasteiger partial charge is 0.268 e. The van der Waals surface area contributed by atoms with Crippen molar-refractivity contribution >= 4 is 39.1 Å². The predicted octanol–water partition coefficient (Wildman–Crippen LogP) is 2.30. The quantitative estimate of drug-likeness (QED) is 0.931. The third-order valence-corrected chi connectivity index (χ3v) is 3.06. The lowest BCUT2D eigenvalue weighted by atomic mass is 10.3. The minimum Gasteiger partial charge on any atom is -0.324 e. The van der Waals surface area contributed by atoms with Crippen LogP contribution in [0, 0.1) is 0 Å². The minimum absolute atomic E-state index is 0.113. The van der Waals surface area contributed by atoms with E-state index in [1.165, 1.54) is 17.1 Å². The molecule has 0 unspecified atom stereocenters. The lowest BCUT2D eigenvalue weighted by molar-refractivity contribution is -0.116. The summed E-state index contributed by atoms with van der Waals surface area (Å²) >= 11 is 8.88. The van der Waals surface area contributed by atoms with Gasteiger partial charge in [-0.2, -0.15) is 0 Å². The number of carbonyl (C=O) groups is 1. The lowest BCUT2D eigenvalue weighted by Crippen LogP contribution is -2.28. The van der Waals surface area contributed by atoms with Crippen molar-refractivity contribution in [2.24, 2.45) is 0 Å². The highest BCUT2D eigenvalue weighted by Gasteiger charge is 2.07. The largest absolute Gasteiger partial charge is 0.324 e. The second-order valence-electron chi connectivity index (χ2n) is 3.73. The van der Waals surface area contributed by atoms with Crippen molar-refractivity contribution in [3.63, 3.8) is 0 Å². The van der Waals surface area contributed by atoms with Crippen molar-refractivity contribution in [2.45, 2.75) is 6.54 Å². The summed E-state index contributed by atoms with van der Waals surface area (Å²) in [5.41, 5.74) is 0.268. The standard InChI is InChI=1S/C12H9BrClN3O2/c13-10-5-15-7-17(12(10)19)6-11(18)16-9-3-1-2-8(14)4-9/h1-5,7H,6H2,(H,16,18). The van der Waals surface area contributed by atoms with Crippen LogP contribution in [0.3, 0.4) is 0 Å². The van der Waals surface area contributed by atoms with Crippen molar-refractivity contribution < 1.29 is 4.79 Å². The number of nitrogens with one attached hydrogen (secondary N) is 1. The van der Waals surface area contributed by atoms with Gasteiger partial charge in [-0.3, -0.25) is 14.2 Å². The van der Waals surface area contributed by atoms with Crippen LogP contribution in [0.4, 0.5) is 5.69 Å². The second kappa shape index (κ2) is 5.99. The molecule has 19 heavy (non-hydrogen) atoms. The summed E-state index contributed by atoms with van der Waals surface area (Å²) in [6.07, 6.45) is 2.69. The van der Waals surface area contributed by atoms with Crippen LogP contribution >= 0.6 is 27.5 Å². The Hall–Kier alpha value is -1.66. The Bertz CT molecular complexity index is 672. The zero-order valence-electron chi connectivity index (χ0n) is 9.64. The van der Waals surface area contributed by atoms with Gasteiger partial charge in [-0.25, -0.2) is 4.98 Å². The highest BCUT2D eigenvalue weighted by Crippen LogP contribution is 2.14. The summed E-state index contributed by atoms with van der Waals surface area (Å²) in [6, 6.07) is 6.78. The maximum absolute atomic E-state index is 11.8. The normalized spacial score (nSPS) is 10.2. The molecule has 0 aliphatic rings. The molecule has 0 aliphatic heterocycles. The van der Waals surface area contributed by atoms with Crippen LogP contribution in [0.5, 0.6) is 0 Å². The number of amides is 1. The summed E-state index contributed by atoms with van der Waals surface area (Å²) < 4.78 is 1.52. The van der Waals surface area contributed by atoms with Crippen LogP contribution in [0.15, 0.2) is 46.1 Å². The van der Waals surface area contributed by atoms with E-state index in [9.17, 15) is 9.59 Å². The zero-order valence-corrected chi connectivity index (χ0v) is 12.0. The lowest BCUT2D eigenvalue weighted by Gasteiger charge is -2.07. The van der Waals surface area contributed by atoms with E-state index >= 15 is 0 Å². The SMILES string of the molecule is O=C(Cn1cncc(Br)c1=O)Nc1cccc(Cl)c1. The molecule has 2 rings (SSSR count). The first-order chi connectivity index (χ1) is 9.06. The van der Waals surface area contributed by atoms with Crippen LogP contribution in [0.25, 0.3) is 0 Å². The highest BCUT2D eigenvalue weighted by atomic mass is 79.9. The first-order valence-corrected chi connectivity index (χ1v) is 6.49. The van der Waals surface area contributed by atoms with Gasteiger partial charge in [-0.05, 0) is 34.1 Å². The average molecular weight is 343 g/mol. The molecule has 1 aromatic carbocycles. The maximum atomic E-state index is 11.8. The molecule has 1 amide bonds. The third kappa shape index (κ3) is 3.65. The van der Waals surface area contributed by atoms with Crippen LogP contribution in [0.1, 0.15) is 0 Å². The van der Waals surface area contributed by atoms with Gasteiger partial charge in [0.25, 0.3) is 5.56 Å². The number of aromatic nitrogens is 2. The van der Waals surface area contributed by atoms with Gasteiger partial charge in [0.1, 0.15) is 11.0 Å². The van der Waals surface area contributed by atoms with E-state index in [1.807, 2.05) is 0 Å². The number of hydrogen-bond acceptors (Lipinski definition) is 3. The molecular weight excluding hydrogens is 334 g/mol. The van der Waals surface area contributed by atoms with Crippen LogP contribution in [0.2, 0.25) is 5.02 Å². The molecule has 0 atom stereocenters. The number of hydrogen-bond donors (Lipinski definition) is 1. The molecule has 1 heterocycles. The van der Waals surface area contributed by atoms with Crippen molar-refractivity contribution in [3.05, 3.63) is 56.6 Å². The fourth-order valence-electron chi connectivity index (χ4n) is 1.46. The predicted molar refractivity (Wildman–Crippen MR) is 76.3 cm³/mol. The number of rotatable bonds is 3. The molecule has 0 saturated heterocycles. The van der Waals surface area contributed by atoms with E-state index in [1.54, 1.807) is 24.3 Å². The fourth-order valence-corrected chi connectivity index (χ4v) is 1.99. The van der Waals surface area contributed by atoms with Gasteiger partial charge in [-0.15, -0.1) is 0 Å². The highest BCUT2D eigenvalue weighted by molar-refractivity contribution is 9.10. The monoisotopic (exact) mass is 341 g/mol. The van der Waals surface area contributed by atoms with Gasteiger partial charge in [0.05, 0.1) is 6.33 Å². The van der Waals surface area contributed by atoms with E-state index in [2.05, 4.69) is 26.2 Å². The molecule has 5 nitrogen and oxygen atoms in total. The number of benzene rings is 1. The van der Waals surface area contributed by atoms with E-state index < -0.39 is 0 Å². The van der Waals surface area contributed by atoms with E-state index in [4.69, 9.17) is 11.6 Å². The van der Waals surface area contributed by atoms with Crippen LogP contribution in [-0.2, 0) is 11.3 Å². The van der Waals surface area contributed by atoms with E-state index in [-0.39, 0.29) is 18.0 Å². The maximum Gasteiger partial charge on any atom is 0.268 e. The Balaban J connectivity index is 2.10. The molecular formula is C12H9BrClN3O2. The van der Waals surface area contributed by atoms with Crippen molar-refractivity contribution in [1.82, 2.24) is 9.55 Å². The molecule has 1 N–H and O–H groups in total. The van der Waals surface area contributed by atoms with Crippen molar-refractivity contribution in [2.75, 3.05) is 5.32 Å². The summed E-state index contributed by atoms with van der Waals surface area (Å²) in [5.74, 6) is -0.329. The molecule has 7 heteroatoms. The topological polar surface area (TPSA) is 64.0 Å². The van der Waals surface area contributed by atoms with E-state index in [0.29, 0.717) is 15.2 Å². The summed E-state index contributed by atoms with van der Waals surface area (Å²) in [4.78, 5) is 27.3. The number of halogens is 2. The first kappa shape index (κ1) is 13.8. The van der Waals surface area contributed by atoms with Gasteiger partial charge in [0, 0.05) is 16.9 Å². The molecule has 0 spiro atoms. The Morgan fingerprint density at radius 2 is 2.26 bits per heavy atom. The third-order valence-electron chi connectivity index (χ3n) is 2.28. The molecule has 0 fully saturated rings. The molecule has 1 aromatic heterocycles. The van der Waals surface area contributed by atoms with Gasteiger partial charge >= 0.3 is 0 Å². The number of nitrogens with zero attached hydrogens (tertiary/aromatic N) is 2. The molecule has 0 aliphatic carbocycles. The first-order valence-electron chi connectivity index (χ1n) is 5.31. The molecule has 98 valence electrons. The van der Waals surface area contributed by atoms with Crippen molar-refractivity contribution in [1.29, 1.82) is 0 Å². The van der Waals surface area contributed by atoms with E-state index in [0.717, 1.165) is 0 Å². The molecule has 0 radical (unpaired) electrons. The Morgan fingerprint density at radius 1 is 1.47 bits per heavy atom. The van der Waals surface area contributed by atoms with Gasteiger partial charge in [-0.1, -0.05) is 17.7 Å². The van der Waals surface area contributed by atoms with Crippen LogP contribution in [-0.4, -0.2) is 15.5 Å². The Labute approximate surface area is 122 Å².